The molecule has 0 aromatic carbocycles. The van der Waals surface area contributed by atoms with Gasteiger partial charge >= 0.3 is 6.03 Å². The second-order valence-corrected chi connectivity index (χ2v) is 6.91. The van der Waals surface area contributed by atoms with Gasteiger partial charge in [0, 0.05) is 19.1 Å². The number of piperidine rings is 1. The highest BCUT2D eigenvalue weighted by atomic mass is 16.2. The van der Waals surface area contributed by atoms with Crippen molar-refractivity contribution in [3.63, 3.8) is 0 Å². The first-order valence-electron chi connectivity index (χ1n) is 8.65. The lowest BCUT2D eigenvalue weighted by atomic mass is 9.82. The molecular weight excluding hydrogens is 296 g/mol. The molecule has 1 spiro atoms. The van der Waals surface area contributed by atoms with E-state index in [0.717, 1.165) is 37.0 Å². The van der Waals surface area contributed by atoms with Gasteiger partial charge < -0.3 is 15.5 Å². The average molecular weight is 322 g/mol. The molecule has 0 atom stereocenters. The van der Waals surface area contributed by atoms with Crippen molar-refractivity contribution in [1.29, 1.82) is 0 Å². The molecule has 0 unspecified atom stereocenters. The van der Waals surface area contributed by atoms with E-state index in [9.17, 15) is 14.4 Å². The Morgan fingerprint density at radius 1 is 1.22 bits per heavy atom. The Balaban J connectivity index is 1.60. The molecule has 3 fully saturated rings. The average Bonchev–Trinajstić information content (AvgIpc) is 2.80. The van der Waals surface area contributed by atoms with Crippen LogP contribution in [0.3, 0.4) is 0 Å². The van der Waals surface area contributed by atoms with E-state index in [1.54, 1.807) is 4.90 Å². The number of carbonyl (C=O) groups is 3. The summed E-state index contributed by atoms with van der Waals surface area (Å²) in [5.41, 5.74) is -0.741. The SMILES string of the molecule is CNC1CCN(C(=O)CN2C(=O)NC3(CCCCC3)C2=O)CC1. The molecule has 3 aliphatic rings. The van der Waals surface area contributed by atoms with Crippen LogP contribution in [-0.4, -0.2) is 65.9 Å². The van der Waals surface area contributed by atoms with Gasteiger partial charge in [0.1, 0.15) is 12.1 Å². The molecule has 0 aromatic heterocycles. The number of hydrogen-bond donors (Lipinski definition) is 2. The summed E-state index contributed by atoms with van der Waals surface area (Å²) in [6.07, 6.45) is 6.20. The van der Waals surface area contributed by atoms with Crippen LogP contribution in [-0.2, 0) is 9.59 Å². The molecule has 2 N–H and O–H groups in total. The fraction of sp³-hybridized carbons (Fsp3) is 0.812. The molecule has 2 heterocycles. The van der Waals surface area contributed by atoms with E-state index >= 15 is 0 Å². The molecule has 1 aliphatic carbocycles. The van der Waals surface area contributed by atoms with Crippen molar-refractivity contribution in [2.24, 2.45) is 0 Å². The molecule has 2 aliphatic heterocycles. The number of urea groups is 1. The Morgan fingerprint density at radius 3 is 2.48 bits per heavy atom. The van der Waals surface area contributed by atoms with Crippen LogP contribution in [0.1, 0.15) is 44.9 Å². The van der Waals surface area contributed by atoms with Crippen LogP contribution < -0.4 is 10.6 Å². The number of amides is 4. The van der Waals surface area contributed by atoms with Crippen molar-refractivity contribution in [3.8, 4) is 0 Å². The Hall–Kier alpha value is -1.63. The lowest BCUT2D eigenvalue weighted by Crippen LogP contribution is -2.50. The van der Waals surface area contributed by atoms with E-state index in [0.29, 0.717) is 32.0 Å². The fourth-order valence-corrected chi connectivity index (χ4v) is 3.97. The van der Waals surface area contributed by atoms with Gasteiger partial charge in [0.15, 0.2) is 0 Å². The lowest BCUT2D eigenvalue weighted by Gasteiger charge is -2.33. The predicted octanol–water partition coefficient (Wildman–Crippen LogP) is 0.452. The Kier molecular flexibility index (Phi) is 4.57. The minimum Gasteiger partial charge on any atom is -0.341 e. The van der Waals surface area contributed by atoms with Crippen LogP contribution in [0.4, 0.5) is 4.79 Å². The first-order valence-corrected chi connectivity index (χ1v) is 8.65. The summed E-state index contributed by atoms with van der Waals surface area (Å²) in [7, 11) is 1.93. The first kappa shape index (κ1) is 16.2. The van der Waals surface area contributed by atoms with Crippen LogP contribution >= 0.6 is 0 Å². The molecule has 128 valence electrons. The highest BCUT2D eigenvalue weighted by molar-refractivity contribution is 6.09. The van der Waals surface area contributed by atoms with Gasteiger partial charge in [0.25, 0.3) is 5.91 Å². The molecule has 0 radical (unpaired) electrons. The zero-order valence-corrected chi connectivity index (χ0v) is 13.8. The molecular formula is C16H26N4O3. The normalized spacial score (nSPS) is 25.1. The van der Waals surface area contributed by atoms with Gasteiger partial charge in [-0.3, -0.25) is 14.5 Å². The number of nitrogens with zero attached hydrogens (tertiary/aromatic N) is 2. The maximum atomic E-state index is 12.7. The topological polar surface area (TPSA) is 81.8 Å². The third-order valence-corrected chi connectivity index (χ3v) is 5.50. The van der Waals surface area contributed by atoms with Crippen LogP contribution in [0.25, 0.3) is 0 Å². The number of likely N-dealkylation sites (tertiary alicyclic amines) is 1. The van der Waals surface area contributed by atoms with Crippen molar-refractivity contribution in [1.82, 2.24) is 20.4 Å². The standard InChI is InChI=1S/C16H26N4O3/c1-17-12-5-9-19(10-6-12)13(21)11-20-14(22)16(18-15(20)23)7-3-2-4-8-16/h12,17H,2-11H2,1H3,(H,18,23). The van der Waals surface area contributed by atoms with E-state index < -0.39 is 11.6 Å². The monoisotopic (exact) mass is 322 g/mol. The van der Waals surface area contributed by atoms with Gasteiger partial charge in [0.05, 0.1) is 0 Å². The number of carbonyl (C=O) groups excluding carboxylic acids is 3. The predicted molar refractivity (Wildman–Crippen MR) is 84.7 cm³/mol. The first-order chi connectivity index (χ1) is 11.1. The quantitative estimate of drug-likeness (QED) is 0.739. The van der Waals surface area contributed by atoms with Crippen LogP contribution in [0, 0.1) is 0 Å². The summed E-state index contributed by atoms with van der Waals surface area (Å²) in [5, 5.41) is 6.07. The van der Waals surface area contributed by atoms with Gasteiger partial charge in [-0.25, -0.2) is 4.79 Å². The summed E-state index contributed by atoms with van der Waals surface area (Å²) < 4.78 is 0. The smallest absolute Gasteiger partial charge is 0.325 e. The van der Waals surface area contributed by atoms with Crippen LogP contribution in [0.15, 0.2) is 0 Å². The molecule has 4 amide bonds. The van der Waals surface area contributed by atoms with Crippen molar-refractivity contribution < 1.29 is 14.4 Å². The number of imide groups is 1. The van der Waals surface area contributed by atoms with Gasteiger partial charge in [-0.2, -0.15) is 0 Å². The molecule has 7 heteroatoms. The second-order valence-electron chi connectivity index (χ2n) is 6.91. The number of hydrogen-bond acceptors (Lipinski definition) is 4. The fourth-order valence-electron chi connectivity index (χ4n) is 3.97. The van der Waals surface area contributed by atoms with E-state index in [4.69, 9.17) is 0 Å². The largest absolute Gasteiger partial charge is 0.341 e. The lowest BCUT2D eigenvalue weighted by molar-refractivity contribution is -0.140. The van der Waals surface area contributed by atoms with E-state index in [-0.39, 0.29) is 18.4 Å². The molecule has 23 heavy (non-hydrogen) atoms. The molecule has 0 bridgehead atoms. The van der Waals surface area contributed by atoms with Crippen molar-refractivity contribution >= 4 is 17.8 Å². The minimum atomic E-state index is -0.741. The van der Waals surface area contributed by atoms with E-state index in [1.165, 1.54) is 0 Å². The zero-order chi connectivity index (χ0) is 16.4. The van der Waals surface area contributed by atoms with Gasteiger partial charge in [-0.15, -0.1) is 0 Å². The van der Waals surface area contributed by atoms with Crippen LogP contribution in [0.5, 0.6) is 0 Å². The second kappa shape index (κ2) is 6.47. The Bertz CT molecular complexity index is 494. The Labute approximate surface area is 136 Å². The Morgan fingerprint density at radius 2 is 1.87 bits per heavy atom. The van der Waals surface area contributed by atoms with Gasteiger partial charge in [0.2, 0.25) is 5.91 Å². The molecule has 2 saturated heterocycles. The van der Waals surface area contributed by atoms with Crippen molar-refractivity contribution in [3.05, 3.63) is 0 Å². The summed E-state index contributed by atoms with van der Waals surface area (Å²) in [6.45, 7) is 1.23. The molecule has 0 aromatic rings. The third-order valence-electron chi connectivity index (χ3n) is 5.50. The minimum absolute atomic E-state index is 0.128. The molecule has 1 saturated carbocycles. The summed E-state index contributed by atoms with van der Waals surface area (Å²) in [6, 6.07) is 0.0386. The zero-order valence-electron chi connectivity index (χ0n) is 13.8. The maximum absolute atomic E-state index is 12.7. The number of rotatable bonds is 3. The summed E-state index contributed by atoms with van der Waals surface area (Å²) in [5.74, 6) is -0.337. The summed E-state index contributed by atoms with van der Waals surface area (Å²) >= 11 is 0. The van der Waals surface area contributed by atoms with Crippen molar-refractivity contribution in [2.75, 3.05) is 26.7 Å². The van der Waals surface area contributed by atoms with Gasteiger partial charge in [-0.05, 0) is 32.7 Å². The van der Waals surface area contributed by atoms with Gasteiger partial charge in [-0.1, -0.05) is 19.3 Å². The highest BCUT2D eigenvalue weighted by Gasteiger charge is 2.51. The van der Waals surface area contributed by atoms with Crippen molar-refractivity contribution in [2.45, 2.75) is 56.5 Å². The maximum Gasteiger partial charge on any atom is 0.325 e. The third kappa shape index (κ3) is 3.06. The highest BCUT2D eigenvalue weighted by Crippen LogP contribution is 2.33. The van der Waals surface area contributed by atoms with Crippen LogP contribution in [0.2, 0.25) is 0 Å². The van der Waals surface area contributed by atoms with E-state index in [2.05, 4.69) is 10.6 Å². The number of nitrogens with one attached hydrogen (secondary N) is 2. The molecule has 3 rings (SSSR count). The van der Waals surface area contributed by atoms with E-state index in [1.807, 2.05) is 7.05 Å². The summed E-state index contributed by atoms with van der Waals surface area (Å²) in [4.78, 5) is 40.2. The molecule has 7 nitrogen and oxygen atoms in total.